The van der Waals surface area contributed by atoms with Crippen LogP contribution in [0.15, 0.2) is 70.7 Å². The molecule has 0 saturated heterocycles. The van der Waals surface area contributed by atoms with Crippen molar-refractivity contribution in [1.29, 1.82) is 5.26 Å². The maximum atomic E-state index is 13.1. The van der Waals surface area contributed by atoms with E-state index in [1.807, 2.05) is 19.1 Å². The summed E-state index contributed by atoms with van der Waals surface area (Å²) in [6, 6.07) is 18.1. The molecule has 3 rings (SSSR count). The lowest BCUT2D eigenvalue weighted by molar-refractivity contribution is -0.112. The molecule has 8 heteroatoms. The van der Waals surface area contributed by atoms with Gasteiger partial charge >= 0.3 is 0 Å². The van der Waals surface area contributed by atoms with Crippen molar-refractivity contribution < 1.29 is 18.7 Å². The highest BCUT2D eigenvalue weighted by Crippen LogP contribution is 2.38. The molecule has 1 N–H and O–H groups in total. The molecule has 3 aromatic carbocycles. The Bertz CT molecular complexity index is 1220. The molecule has 5 nitrogen and oxygen atoms in total. The fraction of sp³-hybridized carbons (Fsp3) is 0.120. The Balaban J connectivity index is 1.84. The van der Waals surface area contributed by atoms with Crippen LogP contribution in [0.2, 0.25) is 5.02 Å². The first kappa shape index (κ1) is 24.3. The highest BCUT2D eigenvalue weighted by atomic mass is 79.9. The van der Waals surface area contributed by atoms with Crippen LogP contribution in [0.3, 0.4) is 0 Å². The predicted octanol–water partition coefficient (Wildman–Crippen LogP) is 6.76. The number of amides is 1. The van der Waals surface area contributed by atoms with Crippen molar-refractivity contribution in [1.82, 2.24) is 0 Å². The minimum atomic E-state index is -0.554. The molecule has 0 bridgehead atoms. The van der Waals surface area contributed by atoms with Crippen LogP contribution in [0.4, 0.5) is 10.1 Å². The number of halogens is 3. The van der Waals surface area contributed by atoms with Crippen LogP contribution in [0.1, 0.15) is 18.1 Å². The zero-order valence-electron chi connectivity index (χ0n) is 17.6. The van der Waals surface area contributed by atoms with E-state index >= 15 is 0 Å². The molecule has 0 aromatic heterocycles. The Kier molecular flexibility index (Phi) is 8.47. The van der Waals surface area contributed by atoms with Gasteiger partial charge in [0.05, 0.1) is 11.6 Å². The highest BCUT2D eigenvalue weighted by Gasteiger charge is 2.15. The van der Waals surface area contributed by atoms with Gasteiger partial charge in [0.2, 0.25) is 0 Å². The van der Waals surface area contributed by atoms with Gasteiger partial charge in [0.15, 0.2) is 11.5 Å². The normalized spacial score (nSPS) is 10.9. The number of nitrogens with zero attached hydrogens (tertiary/aromatic N) is 1. The average Bonchev–Trinajstić information content (AvgIpc) is 2.78. The maximum absolute atomic E-state index is 13.1. The van der Waals surface area contributed by atoms with E-state index in [2.05, 4.69) is 21.2 Å². The van der Waals surface area contributed by atoms with E-state index in [0.29, 0.717) is 29.4 Å². The van der Waals surface area contributed by atoms with Crippen LogP contribution in [0.25, 0.3) is 6.08 Å². The van der Waals surface area contributed by atoms with Gasteiger partial charge in [-0.15, -0.1) is 0 Å². The maximum Gasteiger partial charge on any atom is 0.266 e. The number of carbonyl (C=O) groups excluding carboxylic acids is 1. The number of ether oxygens (including phenoxy) is 2. The van der Waals surface area contributed by atoms with Crippen molar-refractivity contribution in [2.75, 3.05) is 11.9 Å². The van der Waals surface area contributed by atoms with Crippen LogP contribution in [-0.4, -0.2) is 12.5 Å². The van der Waals surface area contributed by atoms with Gasteiger partial charge in [-0.3, -0.25) is 4.79 Å². The number of hydrogen-bond donors (Lipinski definition) is 1. The lowest BCUT2D eigenvalue weighted by Gasteiger charge is -2.15. The quantitative estimate of drug-likeness (QED) is 0.258. The first-order valence-electron chi connectivity index (χ1n) is 9.92. The second-order valence-corrected chi connectivity index (χ2v) is 8.14. The molecule has 168 valence electrons. The number of benzene rings is 3. The van der Waals surface area contributed by atoms with Gasteiger partial charge in [0.1, 0.15) is 24.1 Å². The standard InChI is InChI=1S/C25H19BrClFN2O3/c1-2-32-23-12-17(10-18(14-29)25(31)30-21-5-3-4-19(26)13-21)11-22(27)24(23)33-15-16-6-8-20(28)9-7-16/h3-13H,2,15H2,1H3,(H,30,31)/b18-10-. The number of rotatable bonds is 8. The van der Waals surface area contributed by atoms with E-state index in [4.69, 9.17) is 21.1 Å². The van der Waals surface area contributed by atoms with Crippen LogP contribution in [-0.2, 0) is 11.4 Å². The Labute approximate surface area is 204 Å². The van der Waals surface area contributed by atoms with Crippen molar-refractivity contribution in [2.24, 2.45) is 0 Å². The van der Waals surface area contributed by atoms with Gasteiger partial charge in [0.25, 0.3) is 5.91 Å². The second-order valence-electron chi connectivity index (χ2n) is 6.81. The van der Waals surface area contributed by atoms with Crippen LogP contribution >= 0.6 is 27.5 Å². The Morgan fingerprint density at radius 2 is 1.94 bits per heavy atom. The van der Waals surface area contributed by atoms with Gasteiger partial charge in [-0.1, -0.05) is 45.7 Å². The second kappa shape index (κ2) is 11.5. The molecule has 0 aliphatic rings. The van der Waals surface area contributed by atoms with E-state index in [-0.39, 0.29) is 23.0 Å². The van der Waals surface area contributed by atoms with Gasteiger partial charge in [-0.2, -0.15) is 5.26 Å². The number of anilines is 1. The molecule has 33 heavy (non-hydrogen) atoms. The van der Waals surface area contributed by atoms with Crippen molar-refractivity contribution in [3.05, 3.63) is 92.7 Å². The first-order chi connectivity index (χ1) is 15.9. The summed E-state index contributed by atoms with van der Waals surface area (Å²) in [4.78, 5) is 12.6. The fourth-order valence-electron chi connectivity index (χ4n) is 2.89. The lowest BCUT2D eigenvalue weighted by Crippen LogP contribution is -2.13. The minimum absolute atomic E-state index is 0.103. The molecule has 0 atom stereocenters. The third-order valence-corrected chi connectivity index (χ3v) is 5.16. The van der Waals surface area contributed by atoms with E-state index < -0.39 is 5.91 Å². The number of hydrogen-bond acceptors (Lipinski definition) is 4. The minimum Gasteiger partial charge on any atom is -0.490 e. The molecule has 3 aromatic rings. The lowest BCUT2D eigenvalue weighted by atomic mass is 10.1. The van der Waals surface area contributed by atoms with Crippen molar-refractivity contribution in [3.8, 4) is 17.6 Å². The summed E-state index contributed by atoms with van der Waals surface area (Å²) in [6.45, 7) is 2.32. The van der Waals surface area contributed by atoms with Gasteiger partial charge in [-0.25, -0.2) is 4.39 Å². The predicted molar refractivity (Wildman–Crippen MR) is 130 cm³/mol. The zero-order chi connectivity index (χ0) is 23.8. The van der Waals surface area contributed by atoms with E-state index in [0.717, 1.165) is 10.0 Å². The van der Waals surface area contributed by atoms with Crippen molar-refractivity contribution in [3.63, 3.8) is 0 Å². The average molecular weight is 530 g/mol. The zero-order valence-corrected chi connectivity index (χ0v) is 19.9. The number of nitrogens with one attached hydrogen (secondary N) is 1. The van der Waals surface area contributed by atoms with E-state index in [1.165, 1.54) is 18.2 Å². The SMILES string of the molecule is CCOc1cc(/C=C(/C#N)C(=O)Nc2cccc(Br)c2)cc(Cl)c1OCc1ccc(F)cc1. The Hall–Kier alpha value is -3.34. The van der Waals surface area contributed by atoms with E-state index in [9.17, 15) is 14.4 Å². The summed E-state index contributed by atoms with van der Waals surface area (Å²) in [5.74, 6) is -0.207. The van der Waals surface area contributed by atoms with Crippen LogP contribution in [0.5, 0.6) is 11.5 Å². The third kappa shape index (κ3) is 6.82. The summed E-state index contributed by atoms with van der Waals surface area (Å²) in [7, 11) is 0. The summed E-state index contributed by atoms with van der Waals surface area (Å²) in [5, 5.41) is 12.4. The first-order valence-corrected chi connectivity index (χ1v) is 11.1. The largest absolute Gasteiger partial charge is 0.490 e. The molecule has 0 aliphatic heterocycles. The van der Waals surface area contributed by atoms with Crippen LogP contribution < -0.4 is 14.8 Å². The molecule has 0 unspecified atom stereocenters. The number of nitriles is 1. The Morgan fingerprint density at radius 3 is 2.61 bits per heavy atom. The van der Waals surface area contributed by atoms with Crippen molar-refractivity contribution in [2.45, 2.75) is 13.5 Å². The Morgan fingerprint density at radius 1 is 1.18 bits per heavy atom. The molecule has 0 saturated carbocycles. The number of carbonyl (C=O) groups is 1. The molecule has 1 amide bonds. The smallest absolute Gasteiger partial charge is 0.266 e. The molecular formula is C25H19BrClFN2O3. The molecular weight excluding hydrogens is 511 g/mol. The third-order valence-electron chi connectivity index (χ3n) is 4.39. The highest BCUT2D eigenvalue weighted by molar-refractivity contribution is 9.10. The monoisotopic (exact) mass is 528 g/mol. The van der Waals surface area contributed by atoms with Gasteiger partial charge < -0.3 is 14.8 Å². The summed E-state index contributed by atoms with van der Waals surface area (Å²) < 4.78 is 25.4. The van der Waals surface area contributed by atoms with Gasteiger partial charge in [0, 0.05) is 10.2 Å². The van der Waals surface area contributed by atoms with Crippen LogP contribution in [0, 0.1) is 17.1 Å². The molecule has 0 fully saturated rings. The summed E-state index contributed by atoms with van der Waals surface area (Å²) in [5.41, 5.74) is 1.70. The van der Waals surface area contributed by atoms with E-state index in [1.54, 1.807) is 42.5 Å². The summed E-state index contributed by atoms with van der Waals surface area (Å²) in [6.07, 6.45) is 1.42. The topological polar surface area (TPSA) is 71.3 Å². The molecule has 0 heterocycles. The molecule has 0 spiro atoms. The fourth-order valence-corrected chi connectivity index (χ4v) is 3.56. The van der Waals surface area contributed by atoms with Crippen molar-refractivity contribution >= 4 is 45.2 Å². The molecule has 0 aliphatic carbocycles. The molecule has 0 radical (unpaired) electrons. The summed E-state index contributed by atoms with van der Waals surface area (Å²) >= 11 is 9.77. The van der Waals surface area contributed by atoms with Gasteiger partial charge in [-0.05, 0) is 66.6 Å².